The average Bonchev–Trinajstić information content (AvgIpc) is 3.72. The molecule has 0 amide bonds. The van der Waals surface area contributed by atoms with Crippen LogP contribution < -0.4 is 0 Å². The summed E-state index contributed by atoms with van der Waals surface area (Å²) >= 11 is 0. The summed E-state index contributed by atoms with van der Waals surface area (Å²) in [6.45, 7) is 15.3. The van der Waals surface area contributed by atoms with Crippen LogP contribution in [-0.4, -0.2) is 8.07 Å². The Morgan fingerprint density at radius 3 is 0.980 bits per heavy atom. The first-order valence-electron chi connectivity index (χ1n) is 18.5. The molecule has 0 saturated heterocycles. The molecule has 0 aliphatic heterocycles. The van der Waals surface area contributed by atoms with E-state index in [0.29, 0.717) is 0 Å². The Morgan fingerprint density at radius 1 is 0.333 bits per heavy atom. The number of hydrogen-bond donors (Lipinski definition) is 0. The number of rotatable bonds is 6. The molecular formula is C50H48Si. The molecule has 51 heavy (non-hydrogen) atoms. The third-order valence-electron chi connectivity index (χ3n) is 11.6. The molecule has 2 aliphatic rings. The third-order valence-corrected chi connectivity index (χ3v) is 18.7. The maximum atomic E-state index is 2.55. The summed E-state index contributed by atoms with van der Waals surface area (Å²) in [7, 11) is -2.72. The maximum absolute atomic E-state index is 2.72. The minimum atomic E-state index is -2.72. The van der Waals surface area contributed by atoms with Gasteiger partial charge in [-0.25, -0.2) is 0 Å². The number of hydrogen-bond acceptors (Lipinski definition) is 0. The molecule has 2 aliphatic carbocycles. The second kappa shape index (κ2) is 12.7. The lowest BCUT2D eigenvalue weighted by Crippen LogP contribution is -2.54. The second-order valence-corrected chi connectivity index (χ2v) is 22.0. The molecule has 0 unspecified atom stereocenters. The van der Waals surface area contributed by atoms with E-state index in [1.165, 1.54) is 66.8 Å². The molecule has 1 heteroatoms. The van der Waals surface area contributed by atoms with E-state index in [2.05, 4.69) is 199 Å². The van der Waals surface area contributed by atoms with Gasteiger partial charge in [0.2, 0.25) is 0 Å². The highest BCUT2D eigenvalue weighted by Crippen LogP contribution is 2.67. The molecule has 0 N–H and O–H groups in total. The van der Waals surface area contributed by atoms with Crippen molar-refractivity contribution in [1.82, 2.24) is 0 Å². The van der Waals surface area contributed by atoms with Gasteiger partial charge < -0.3 is 0 Å². The zero-order valence-corrected chi connectivity index (χ0v) is 31.9. The van der Waals surface area contributed by atoms with E-state index in [1.807, 2.05) is 0 Å². The molecule has 0 bridgehead atoms. The van der Waals surface area contributed by atoms with Crippen LogP contribution in [0.25, 0.3) is 43.8 Å². The van der Waals surface area contributed by atoms with Crippen molar-refractivity contribution in [3.8, 4) is 22.3 Å². The smallest absolute Gasteiger partial charge is 0.0622 e. The van der Waals surface area contributed by atoms with Gasteiger partial charge in [-0.05, 0) is 100 Å². The Labute approximate surface area is 306 Å². The Morgan fingerprint density at radius 2 is 0.627 bits per heavy atom. The van der Waals surface area contributed by atoms with Gasteiger partial charge in [-0.2, -0.15) is 0 Å². The lowest BCUT2D eigenvalue weighted by molar-refractivity contribution is 0.639. The number of fused-ring (bicyclic) bond motifs is 2. The van der Waals surface area contributed by atoms with Gasteiger partial charge in [-0.1, -0.05) is 199 Å². The van der Waals surface area contributed by atoms with Gasteiger partial charge in [0.05, 0.1) is 0 Å². The SMILES string of the molecule is CC(C)(C)[Si](C1=C(c2ccc(-c3ccccc3)cc2)Cc2ccccc21)(C1=C(c2ccc(-c3ccccc3)cc2)Cc2ccccc21)C(C)(C)C. The van der Waals surface area contributed by atoms with Gasteiger partial charge in [0.25, 0.3) is 0 Å². The standard InChI is InChI=1S/C50H48Si/c1-49(2,3)51(50(4,5)6,47-43-23-15-13-21-41(43)33-45(47)39-29-25-37(26-30-39)35-17-9-7-10-18-35)48-44-24-16-14-22-42(44)34-46(48)40-31-27-38(28-32-40)36-19-11-8-12-20-36/h7-32H,33-34H2,1-6H3. The first kappa shape index (κ1) is 33.2. The number of benzene rings is 6. The van der Waals surface area contributed by atoms with Gasteiger partial charge >= 0.3 is 0 Å². The van der Waals surface area contributed by atoms with E-state index in [0.717, 1.165) is 12.8 Å². The minimum absolute atomic E-state index is 0.00468. The summed E-state index contributed by atoms with van der Waals surface area (Å²) in [4.78, 5) is 0. The highest BCUT2D eigenvalue weighted by atomic mass is 28.3. The van der Waals surface area contributed by atoms with Crippen molar-refractivity contribution in [1.29, 1.82) is 0 Å². The fourth-order valence-electron chi connectivity index (χ4n) is 9.81. The molecule has 0 spiro atoms. The Hall–Kier alpha value is -4.98. The predicted molar refractivity (Wildman–Crippen MR) is 223 cm³/mol. The summed E-state index contributed by atoms with van der Waals surface area (Å²) in [5.74, 6) is 0. The molecule has 0 nitrogen and oxygen atoms in total. The van der Waals surface area contributed by atoms with Crippen molar-refractivity contribution < 1.29 is 0 Å². The molecule has 0 heterocycles. The molecule has 8 rings (SSSR count). The van der Waals surface area contributed by atoms with Crippen molar-refractivity contribution >= 4 is 29.6 Å². The molecular weight excluding hydrogens is 629 g/mol. The first-order chi connectivity index (χ1) is 24.6. The predicted octanol–water partition coefficient (Wildman–Crippen LogP) is 13.8. The van der Waals surface area contributed by atoms with Crippen LogP contribution in [-0.2, 0) is 12.8 Å². The fourth-order valence-corrected chi connectivity index (χ4v) is 18.0. The molecule has 0 saturated carbocycles. The maximum Gasteiger partial charge on any atom is 0.130 e. The summed E-state index contributed by atoms with van der Waals surface area (Å²) in [6, 6.07) is 59.1. The van der Waals surface area contributed by atoms with Crippen LogP contribution >= 0.6 is 0 Å². The van der Waals surface area contributed by atoms with Gasteiger partial charge in [-0.15, -0.1) is 0 Å². The van der Waals surface area contributed by atoms with Crippen LogP contribution in [0.2, 0.25) is 10.1 Å². The lowest BCUT2D eigenvalue weighted by atomic mass is 9.99. The van der Waals surface area contributed by atoms with E-state index < -0.39 is 8.07 Å². The molecule has 0 aromatic heterocycles. The third kappa shape index (κ3) is 5.50. The van der Waals surface area contributed by atoms with Gasteiger partial charge in [0.15, 0.2) is 0 Å². The van der Waals surface area contributed by atoms with Crippen LogP contribution in [0.4, 0.5) is 0 Å². The second-order valence-electron chi connectivity index (χ2n) is 16.5. The fraction of sp³-hybridized carbons (Fsp3) is 0.200. The van der Waals surface area contributed by atoms with E-state index in [-0.39, 0.29) is 10.1 Å². The van der Waals surface area contributed by atoms with Crippen molar-refractivity contribution in [2.75, 3.05) is 0 Å². The van der Waals surface area contributed by atoms with Crippen LogP contribution in [0.3, 0.4) is 0 Å². The average molecular weight is 677 g/mol. The summed E-state index contributed by atoms with van der Waals surface area (Å²) in [5, 5.41) is 3.26. The normalized spacial score (nSPS) is 14.5. The van der Waals surface area contributed by atoms with Gasteiger partial charge in [0, 0.05) is 0 Å². The topological polar surface area (TPSA) is 0 Å². The molecule has 0 radical (unpaired) electrons. The highest BCUT2D eigenvalue weighted by molar-refractivity contribution is 7.15. The van der Waals surface area contributed by atoms with Crippen LogP contribution in [0.1, 0.15) is 74.9 Å². The van der Waals surface area contributed by atoms with Crippen LogP contribution in [0.15, 0.2) is 158 Å². The van der Waals surface area contributed by atoms with Crippen molar-refractivity contribution in [2.45, 2.75) is 64.5 Å². The first-order valence-corrected chi connectivity index (χ1v) is 20.5. The van der Waals surface area contributed by atoms with Crippen LogP contribution in [0, 0.1) is 0 Å². The van der Waals surface area contributed by atoms with Gasteiger partial charge in [-0.3, -0.25) is 0 Å². The van der Waals surface area contributed by atoms with E-state index in [4.69, 9.17) is 0 Å². The zero-order valence-electron chi connectivity index (χ0n) is 30.9. The summed E-state index contributed by atoms with van der Waals surface area (Å²) in [6.07, 6.45) is 1.93. The lowest BCUT2D eigenvalue weighted by Gasteiger charge is -2.55. The van der Waals surface area contributed by atoms with E-state index >= 15 is 0 Å². The Balaban J connectivity index is 1.43. The van der Waals surface area contributed by atoms with Crippen molar-refractivity contribution in [2.24, 2.45) is 0 Å². The Kier molecular flexibility index (Phi) is 8.23. The Bertz CT molecular complexity index is 2100. The highest BCUT2D eigenvalue weighted by Gasteiger charge is 2.61. The molecule has 6 aromatic carbocycles. The number of allylic oxidation sites excluding steroid dienone is 2. The summed E-state index contributed by atoms with van der Waals surface area (Å²) in [5.41, 5.74) is 16.6. The largest absolute Gasteiger partial charge is 0.130 e. The molecule has 0 fully saturated rings. The quantitative estimate of drug-likeness (QED) is 0.154. The monoisotopic (exact) mass is 676 g/mol. The molecule has 6 aromatic rings. The van der Waals surface area contributed by atoms with Gasteiger partial charge in [0.1, 0.15) is 8.07 Å². The minimum Gasteiger partial charge on any atom is -0.0622 e. The molecule has 0 atom stereocenters. The zero-order chi connectivity index (χ0) is 35.4. The van der Waals surface area contributed by atoms with E-state index in [1.54, 1.807) is 10.4 Å². The van der Waals surface area contributed by atoms with E-state index in [9.17, 15) is 0 Å². The van der Waals surface area contributed by atoms with Crippen LogP contribution in [0.5, 0.6) is 0 Å². The summed E-state index contributed by atoms with van der Waals surface area (Å²) < 4.78 is 0. The van der Waals surface area contributed by atoms with Crippen molar-refractivity contribution in [3.05, 3.63) is 191 Å². The van der Waals surface area contributed by atoms with Crippen molar-refractivity contribution in [3.63, 3.8) is 0 Å². The molecule has 252 valence electrons.